The molecule has 0 saturated carbocycles. The van der Waals surface area contributed by atoms with Crippen LogP contribution in [0, 0.1) is 0 Å². The van der Waals surface area contributed by atoms with Crippen LogP contribution >= 0.6 is 39.0 Å². The third-order valence-corrected chi connectivity index (χ3v) is 5.00. The number of rotatable bonds is 6. The average molecular weight is 343 g/mol. The summed E-state index contributed by atoms with van der Waals surface area (Å²) in [6.45, 7) is 0. The largest absolute Gasteiger partial charge is 0.271 e. The van der Waals surface area contributed by atoms with Crippen LogP contribution in [0.2, 0.25) is 0 Å². The van der Waals surface area contributed by atoms with Crippen molar-refractivity contribution < 1.29 is 0 Å². The van der Waals surface area contributed by atoms with Crippen molar-refractivity contribution in [2.75, 3.05) is 5.75 Å². The summed E-state index contributed by atoms with van der Waals surface area (Å²) >= 11 is 6.99. The molecule has 1 aromatic carbocycles. The molecule has 18 heavy (non-hydrogen) atoms. The topological polar surface area (TPSA) is 38.0 Å². The van der Waals surface area contributed by atoms with E-state index in [0.29, 0.717) is 6.04 Å². The number of hydrogen-bond acceptors (Lipinski definition) is 4. The summed E-state index contributed by atoms with van der Waals surface area (Å²) in [6.07, 6.45) is 0.976. The van der Waals surface area contributed by atoms with Gasteiger partial charge in [0.15, 0.2) is 0 Å². The average Bonchev–Trinajstić information content (AvgIpc) is 2.89. The first-order valence-corrected chi connectivity index (χ1v) is 8.35. The van der Waals surface area contributed by atoms with Gasteiger partial charge in [-0.1, -0.05) is 15.9 Å². The van der Waals surface area contributed by atoms with Crippen LogP contribution in [-0.2, 0) is 6.42 Å². The molecule has 0 aliphatic carbocycles. The normalized spacial score (nSPS) is 12.6. The standard InChI is InChI=1S/C13H15BrN2S2/c14-11-1-3-13(4-2-11)18-9-12(16-15)7-10-5-6-17-8-10/h1-6,8,12,16H,7,9,15H2. The van der Waals surface area contributed by atoms with Gasteiger partial charge in [-0.05, 0) is 53.1 Å². The molecule has 0 spiro atoms. The van der Waals surface area contributed by atoms with E-state index in [-0.39, 0.29) is 0 Å². The van der Waals surface area contributed by atoms with Crippen LogP contribution in [0.1, 0.15) is 5.56 Å². The minimum atomic E-state index is 0.299. The molecule has 0 aliphatic heterocycles. The second-order valence-electron chi connectivity index (χ2n) is 3.96. The van der Waals surface area contributed by atoms with Crippen LogP contribution < -0.4 is 11.3 Å². The Hall–Kier alpha value is -0.330. The maximum absolute atomic E-state index is 5.61. The summed E-state index contributed by atoms with van der Waals surface area (Å²) in [5.74, 6) is 6.58. The van der Waals surface area contributed by atoms with Gasteiger partial charge in [-0.2, -0.15) is 11.3 Å². The van der Waals surface area contributed by atoms with Crippen molar-refractivity contribution in [3.63, 3.8) is 0 Å². The van der Waals surface area contributed by atoms with Gasteiger partial charge in [0, 0.05) is 21.2 Å². The van der Waals surface area contributed by atoms with Crippen LogP contribution in [0.3, 0.4) is 0 Å². The lowest BCUT2D eigenvalue weighted by atomic mass is 10.1. The van der Waals surface area contributed by atoms with Gasteiger partial charge in [0.2, 0.25) is 0 Å². The second-order valence-corrected chi connectivity index (χ2v) is 6.75. The van der Waals surface area contributed by atoms with Crippen molar-refractivity contribution in [2.45, 2.75) is 17.4 Å². The highest BCUT2D eigenvalue weighted by molar-refractivity contribution is 9.10. The van der Waals surface area contributed by atoms with Crippen LogP contribution in [0.15, 0.2) is 50.5 Å². The molecule has 0 fully saturated rings. The van der Waals surface area contributed by atoms with Crippen molar-refractivity contribution in [1.29, 1.82) is 0 Å². The van der Waals surface area contributed by atoms with E-state index in [0.717, 1.165) is 16.6 Å². The molecule has 1 aromatic heterocycles. The van der Waals surface area contributed by atoms with E-state index >= 15 is 0 Å². The van der Waals surface area contributed by atoms with Gasteiger partial charge in [-0.15, -0.1) is 11.8 Å². The second kappa shape index (κ2) is 7.31. The zero-order chi connectivity index (χ0) is 12.8. The Balaban J connectivity index is 1.85. The van der Waals surface area contributed by atoms with Crippen LogP contribution in [0.5, 0.6) is 0 Å². The highest BCUT2D eigenvalue weighted by Gasteiger charge is 2.08. The molecule has 0 amide bonds. The van der Waals surface area contributed by atoms with E-state index in [1.54, 1.807) is 11.3 Å². The molecule has 0 aliphatic rings. The molecule has 2 rings (SSSR count). The molecule has 3 N–H and O–H groups in total. The smallest absolute Gasteiger partial charge is 0.0345 e. The zero-order valence-electron chi connectivity index (χ0n) is 9.80. The first-order chi connectivity index (χ1) is 8.78. The van der Waals surface area contributed by atoms with Gasteiger partial charge < -0.3 is 0 Å². The third-order valence-electron chi connectivity index (χ3n) is 2.56. The zero-order valence-corrected chi connectivity index (χ0v) is 13.0. The molecule has 0 bridgehead atoms. The fraction of sp³-hybridized carbons (Fsp3) is 0.231. The molecule has 2 nitrogen and oxygen atoms in total. The van der Waals surface area contributed by atoms with E-state index in [2.05, 4.69) is 62.4 Å². The lowest BCUT2D eigenvalue weighted by molar-refractivity contribution is 0.576. The minimum absolute atomic E-state index is 0.299. The highest BCUT2D eigenvalue weighted by atomic mass is 79.9. The Kier molecular flexibility index (Phi) is 5.72. The summed E-state index contributed by atoms with van der Waals surface area (Å²) in [5, 5.41) is 4.28. The predicted molar refractivity (Wildman–Crippen MR) is 84.0 cm³/mol. The number of hydrazine groups is 1. The molecule has 1 heterocycles. The van der Waals surface area contributed by atoms with Crippen molar-refractivity contribution in [3.05, 3.63) is 51.1 Å². The number of nitrogens with one attached hydrogen (secondary N) is 1. The number of nitrogens with two attached hydrogens (primary N) is 1. The van der Waals surface area contributed by atoms with Crippen LogP contribution in [-0.4, -0.2) is 11.8 Å². The summed E-state index contributed by atoms with van der Waals surface area (Å²) < 4.78 is 1.11. The van der Waals surface area contributed by atoms with Crippen LogP contribution in [0.25, 0.3) is 0 Å². The molecular formula is C13H15BrN2S2. The molecule has 1 atom stereocenters. The number of hydrogen-bond donors (Lipinski definition) is 2. The van der Waals surface area contributed by atoms with E-state index in [1.165, 1.54) is 10.5 Å². The Morgan fingerprint density at radius 1 is 1.28 bits per heavy atom. The summed E-state index contributed by atoms with van der Waals surface area (Å²) in [4.78, 5) is 1.27. The lowest BCUT2D eigenvalue weighted by Crippen LogP contribution is -2.38. The highest BCUT2D eigenvalue weighted by Crippen LogP contribution is 2.22. The summed E-state index contributed by atoms with van der Waals surface area (Å²) in [6, 6.07) is 10.8. The maximum atomic E-state index is 5.61. The summed E-state index contributed by atoms with van der Waals surface area (Å²) in [7, 11) is 0. The molecule has 96 valence electrons. The van der Waals surface area contributed by atoms with Gasteiger partial charge in [0.05, 0.1) is 0 Å². The quantitative estimate of drug-likeness (QED) is 0.477. The van der Waals surface area contributed by atoms with Gasteiger partial charge in [-0.3, -0.25) is 11.3 Å². The minimum Gasteiger partial charge on any atom is -0.271 e. The lowest BCUT2D eigenvalue weighted by Gasteiger charge is -2.14. The maximum Gasteiger partial charge on any atom is 0.0345 e. The first-order valence-electron chi connectivity index (χ1n) is 5.63. The predicted octanol–water partition coefficient (Wildman–Crippen LogP) is 3.68. The molecule has 1 unspecified atom stereocenters. The molecule has 2 aromatic rings. The number of thioether (sulfide) groups is 1. The Morgan fingerprint density at radius 2 is 2.06 bits per heavy atom. The third kappa shape index (κ3) is 4.40. The van der Waals surface area contributed by atoms with E-state index in [1.807, 2.05) is 11.8 Å². The Morgan fingerprint density at radius 3 is 2.67 bits per heavy atom. The molecule has 5 heteroatoms. The fourth-order valence-electron chi connectivity index (χ4n) is 1.59. The van der Waals surface area contributed by atoms with Gasteiger partial charge in [0.25, 0.3) is 0 Å². The first kappa shape index (κ1) is 14.1. The van der Waals surface area contributed by atoms with Gasteiger partial charge in [-0.25, -0.2) is 0 Å². The van der Waals surface area contributed by atoms with E-state index < -0.39 is 0 Å². The Bertz CT molecular complexity index is 456. The number of halogens is 1. The van der Waals surface area contributed by atoms with Crippen molar-refractivity contribution in [3.8, 4) is 0 Å². The van der Waals surface area contributed by atoms with E-state index in [4.69, 9.17) is 5.84 Å². The molecule has 0 radical (unpaired) electrons. The van der Waals surface area contributed by atoms with Crippen LogP contribution in [0.4, 0.5) is 0 Å². The number of thiophene rings is 1. The van der Waals surface area contributed by atoms with Gasteiger partial charge >= 0.3 is 0 Å². The number of benzene rings is 1. The Labute approximate surface area is 124 Å². The van der Waals surface area contributed by atoms with Crippen molar-refractivity contribution in [1.82, 2.24) is 5.43 Å². The van der Waals surface area contributed by atoms with Gasteiger partial charge in [0.1, 0.15) is 0 Å². The fourth-order valence-corrected chi connectivity index (χ4v) is 3.47. The SMILES string of the molecule is NNC(CSc1ccc(Br)cc1)Cc1ccsc1. The van der Waals surface area contributed by atoms with E-state index in [9.17, 15) is 0 Å². The van der Waals surface area contributed by atoms with Crippen molar-refractivity contribution in [2.24, 2.45) is 5.84 Å². The molecule has 0 saturated heterocycles. The monoisotopic (exact) mass is 342 g/mol. The van der Waals surface area contributed by atoms with Crippen molar-refractivity contribution >= 4 is 39.0 Å². The summed E-state index contributed by atoms with van der Waals surface area (Å²) in [5.41, 5.74) is 4.24. The molecular weight excluding hydrogens is 328 g/mol.